The number of aromatic amines is 2. The molecule has 0 amide bonds. The smallest absolute Gasteiger partial charge is 0.138 e. The van der Waals surface area contributed by atoms with Crippen LogP contribution >= 0.6 is 11.3 Å². The zero-order valence-electron chi connectivity index (χ0n) is 20.3. The van der Waals surface area contributed by atoms with Gasteiger partial charge >= 0.3 is 0 Å². The van der Waals surface area contributed by atoms with Crippen LogP contribution in [0.15, 0.2) is 71.8 Å². The normalized spacial score (nSPS) is 14.2. The SMILES string of the molecule is c1cc2[nH]c(-c3n[nH]c4ccc(-c5cncc(OCCN6CCCC6)c5)cc34)cc2c(-c2ccsc2)n1. The molecule has 0 aliphatic carbocycles. The molecule has 1 aliphatic rings. The van der Waals surface area contributed by atoms with Crippen LogP contribution in [0.25, 0.3) is 55.6 Å². The molecule has 5 aromatic heterocycles. The van der Waals surface area contributed by atoms with Crippen molar-refractivity contribution in [2.45, 2.75) is 12.8 Å². The lowest BCUT2D eigenvalue weighted by molar-refractivity contribution is 0.237. The molecule has 0 spiro atoms. The van der Waals surface area contributed by atoms with E-state index in [1.807, 2.05) is 18.5 Å². The predicted molar refractivity (Wildman–Crippen MR) is 149 cm³/mol. The average molecular weight is 507 g/mol. The number of nitrogens with one attached hydrogen (secondary N) is 2. The van der Waals surface area contributed by atoms with Gasteiger partial charge in [-0.2, -0.15) is 16.4 Å². The highest BCUT2D eigenvalue weighted by Crippen LogP contribution is 2.35. The van der Waals surface area contributed by atoms with E-state index >= 15 is 0 Å². The Labute approximate surface area is 218 Å². The molecule has 7 nitrogen and oxygen atoms in total. The number of likely N-dealkylation sites (tertiary alicyclic amines) is 1. The molecule has 1 fully saturated rings. The van der Waals surface area contributed by atoms with Crippen LogP contribution in [0.1, 0.15) is 12.8 Å². The number of thiophene rings is 1. The fourth-order valence-corrected chi connectivity index (χ4v) is 5.80. The van der Waals surface area contributed by atoms with E-state index in [2.05, 4.69) is 77.2 Å². The minimum absolute atomic E-state index is 0.679. The minimum Gasteiger partial charge on any atom is -0.491 e. The van der Waals surface area contributed by atoms with Gasteiger partial charge in [-0.25, -0.2) is 0 Å². The van der Waals surface area contributed by atoms with Crippen LogP contribution in [0, 0.1) is 0 Å². The first kappa shape index (κ1) is 22.2. The summed E-state index contributed by atoms with van der Waals surface area (Å²) in [4.78, 5) is 15.1. The summed E-state index contributed by atoms with van der Waals surface area (Å²) in [6, 6.07) is 14.7. The van der Waals surface area contributed by atoms with E-state index < -0.39 is 0 Å². The molecule has 0 unspecified atom stereocenters. The molecule has 0 atom stereocenters. The summed E-state index contributed by atoms with van der Waals surface area (Å²) in [5.41, 5.74) is 8.08. The zero-order chi connectivity index (χ0) is 24.6. The fourth-order valence-electron chi connectivity index (χ4n) is 5.16. The van der Waals surface area contributed by atoms with Gasteiger partial charge in [0.15, 0.2) is 0 Å². The summed E-state index contributed by atoms with van der Waals surface area (Å²) in [6.45, 7) is 4.00. The number of hydrogen-bond donors (Lipinski definition) is 2. The van der Waals surface area contributed by atoms with Gasteiger partial charge in [0.1, 0.15) is 18.1 Å². The lowest BCUT2D eigenvalue weighted by Gasteiger charge is -2.15. The maximum absolute atomic E-state index is 6.04. The Hall–Kier alpha value is -4.01. The number of hydrogen-bond acceptors (Lipinski definition) is 6. The Bertz CT molecular complexity index is 1680. The Kier molecular flexibility index (Phi) is 5.68. The number of ether oxygens (including phenoxy) is 1. The molecule has 7 rings (SSSR count). The second-order valence-corrected chi connectivity index (χ2v) is 10.2. The van der Waals surface area contributed by atoms with Gasteiger partial charge < -0.3 is 9.72 Å². The van der Waals surface area contributed by atoms with Crippen molar-refractivity contribution in [3.63, 3.8) is 0 Å². The van der Waals surface area contributed by atoms with Crippen LogP contribution in [0.5, 0.6) is 5.75 Å². The molecule has 184 valence electrons. The molecule has 2 N–H and O–H groups in total. The number of rotatable bonds is 7. The van der Waals surface area contributed by atoms with Crippen molar-refractivity contribution in [2.24, 2.45) is 0 Å². The quantitative estimate of drug-likeness (QED) is 0.263. The summed E-state index contributed by atoms with van der Waals surface area (Å²) < 4.78 is 6.04. The summed E-state index contributed by atoms with van der Waals surface area (Å²) in [7, 11) is 0. The summed E-state index contributed by atoms with van der Waals surface area (Å²) >= 11 is 1.68. The Balaban J connectivity index is 1.20. The molecular weight excluding hydrogens is 480 g/mol. The van der Waals surface area contributed by atoms with Crippen molar-refractivity contribution < 1.29 is 4.74 Å². The Morgan fingerprint density at radius 3 is 2.70 bits per heavy atom. The van der Waals surface area contributed by atoms with Crippen LogP contribution < -0.4 is 4.74 Å². The number of nitrogens with zero attached hydrogens (tertiary/aromatic N) is 4. The van der Waals surface area contributed by atoms with E-state index in [4.69, 9.17) is 4.74 Å². The topological polar surface area (TPSA) is 82.7 Å². The first-order valence-electron chi connectivity index (χ1n) is 12.6. The third kappa shape index (κ3) is 4.28. The van der Waals surface area contributed by atoms with E-state index in [-0.39, 0.29) is 0 Å². The molecule has 1 aromatic carbocycles. The van der Waals surface area contributed by atoms with Crippen LogP contribution in [-0.2, 0) is 0 Å². The predicted octanol–water partition coefficient (Wildman–Crippen LogP) is 6.37. The van der Waals surface area contributed by atoms with Crippen LogP contribution in [0.2, 0.25) is 0 Å². The molecule has 6 aromatic rings. The molecular formula is C29H26N6OS. The van der Waals surface area contributed by atoms with Gasteiger partial charge in [-0.05, 0) is 73.3 Å². The van der Waals surface area contributed by atoms with Crippen molar-refractivity contribution in [3.8, 4) is 39.5 Å². The van der Waals surface area contributed by atoms with Crippen LogP contribution in [0.3, 0.4) is 0 Å². The zero-order valence-corrected chi connectivity index (χ0v) is 21.1. The molecule has 37 heavy (non-hydrogen) atoms. The van der Waals surface area contributed by atoms with E-state index in [1.165, 1.54) is 25.9 Å². The second-order valence-electron chi connectivity index (χ2n) is 9.45. The maximum Gasteiger partial charge on any atom is 0.138 e. The van der Waals surface area contributed by atoms with Crippen LogP contribution in [0.4, 0.5) is 0 Å². The monoisotopic (exact) mass is 506 g/mol. The van der Waals surface area contributed by atoms with Gasteiger partial charge in [0.05, 0.1) is 23.1 Å². The Morgan fingerprint density at radius 1 is 0.892 bits per heavy atom. The Morgan fingerprint density at radius 2 is 1.81 bits per heavy atom. The largest absolute Gasteiger partial charge is 0.491 e. The molecule has 0 bridgehead atoms. The summed E-state index contributed by atoms with van der Waals surface area (Å²) in [6.07, 6.45) is 8.11. The molecule has 1 aliphatic heterocycles. The maximum atomic E-state index is 6.04. The molecule has 0 radical (unpaired) electrons. The third-order valence-corrected chi connectivity index (χ3v) is 7.77. The highest BCUT2D eigenvalue weighted by Gasteiger charge is 2.16. The first-order chi connectivity index (χ1) is 18.3. The highest BCUT2D eigenvalue weighted by atomic mass is 32.1. The van der Waals surface area contributed by atoms with Gasteiger partial charge in [-0.3, -0.25) is 20.0 Å². The lowest BCUT2D eigenvalue weighted by atomic mass is 10.0. The van der Waals surface area contributed by atoms with Crippen molar-refractivity contribution in [1.82, 2.24) is 30.0 Å². The first-order valence-corrected chi connectivity index (χ1v) is 13.6. The number of aromatic nitrogens is 5. The van der Waals surface area contributed by atoms with Crippen LogP contribution in [-0.4, -0.2) is 56.3 Å². The number of pyridine rings is 2. The highest BCUT2D eigenvalue weighted by molar-refractivity contribution is 7.08. The third-order valence-electron chi connectivity index (χ3n) is 7.08. The standard InChI is InChI=1S/C29H26N6OS/c1-2-9-35(8-1)10-11-36-22-13-21(16-30-17-22)19-3-4-26-23(14-19)29(34-33-26)27-15-24-25(32-27)5-7-31-28(24)20-6-12-37-18-20/h3-7,12-18,32H,1-2,8-11H2,(H,33,34). The van der Waals surface area contributed by atoms with Crippen molar-refractivity contribution in [1.29, 1.82) is 0 Å². The lowest BCUT2D eigenvalue weighted by Crippen LogP contribution is -2.25. The van der Waals surface area contributed by atoms with Gasteiger partial charge in [0.25, 0.3) is 0 Å². The second kappa shape index (κ2) is 9.46. The molecule has 6 heterocycles. The van der Waals surface area contributed by atoms with Gasteiger partial charge in [-0.1, -0.05) is 6.07 Å². The van der Waals surface area contributed by atoms with Gasteiger partial charge in [-0.15, -0.1) is 0 Å². The number of fused-ring (bicyclic) bond motifs is 2. The van der Waals surface area contributed by atoms with Gasteiger partial charge in [0, 0.05) is 51.7 Å². The van der Waals surface area contributed by atoms with Crippen molar-refractivity contribution in [3.05, 3.63) is 71.8 Å². The van der Waals surface area contributed by atoms with Crippen molar-refractivity contribution in [2.75, 3.05) is 26.2 Å². The van der Waals surface area contributed by atoms with Crippen molar-refractivity contribution >= 4 is 33.1 Å². The number of H-pyrrole nitrogens is 2. The van der Waals surface area contributed by atoms with Gasteiger partial charge in [0.2, 0.25) is 0 Å². The van der Waals surface area contributed by atoms with E-state index in [9.17, 15) is 0 Å². The number of benzene rings is 1. The molecule has 1 saturated heterocycles. The van der Waals surface area contributed by atoms with E-state index in [0.29, 0.717) is 6.61 Å². The van der Waals surface area contributed by atoms with E-state index in [0.717, 1.165) is 67.9 Å². The van der Waals surface area contributed by atoms with E-state index in [1.54, 1.807) is 17.5 Å². The molecule has 8 heteroatoms. The fraction of sp³-hybridized carbons (Fsp3) is 0.207. The molecule has 0 saturated carbocycles. The summed E-state index contributed by atoms with van der Waals surface area (Å²) in [5, 5.41) is 14.2. The average Bonchev–Trinajstić information content (AvgIpc) is 3.74. The minimum atomic E-state index is 0.679. The summed E-state index contributed by atoms with van der Waals surface area (Å²) in [5.74, 6) is 0.799.